The molecule has 7 heteroatoms. The number of hydrogen-bond donors (Lipinski definition) is 1. The van der Waals surface area contributed by atoms with Crippen molar-refractivity contribution in [3.8, 4) is 11.5 Å². The second-order valence-corrected chi connectivity index (χ2v) is 6.44. The van der Waals surface area contributed by atoms with Gasteiger partial charge < -0.3 is 19.5 Å². The van der Waals surface area contributed by atoms with Crippen molar-refractivity contribution in [3.63, 3.8) is 0 Å². The molecule has 134 valence electrons. The average Bonchev–Trinajstić information content (AvgIpc) is 3.20. The molecule has 0 saturated carbocycles. The lowest BCUT2D eigenvalue weighted by atomic mass is 10.1. The fourth-order valence-electron chi connectivity index (χ4n) is 3.19. The number of ether oxygens (including phenoxy) is 3. The van der Waals surface area contributed by atoms with E-state index < -0.39 is 0 Å². The van der Waals surface area contributed by atoms with Gasteiger partial charge in [-0.3, -0.25) is 9.69 Å². The summed E-state index contributed by atoms with van der Waals surface area (Å²) < 4.78 is 16.4. The van der Waals surface area contributed by atoms with Gasteiger partial charge in [0.1, 0.15) is 17.2 Å². The molecule has 1 amide bonds. The van der Waals surface area contributed by atoms with Crippen LogP contribution in [0.25, 0.3) is 6.08 Å². The molecule has 2 heterocycles. The van der Waals surface area contributed by atoms with Crippen LogP contribution in [0.1, 0.15) is 24.0 Å². The number of carbonyl (C=O) groups excluding carboxylic acids is 1. The quantitative estimate of drug-likeness (QED) is 0.640. The van der Waals surface area contributed by atoms with Gasteiger partial charge in [-0.25, -0.2) is 0 Å². The van der Waals surface area contributed by atoms with Crippen LogP contribution in [0.3, 0.4) is 0 Å². The summed E-state index contributed by atoms with van der Waals surface area (Å²) in [6, 6.07) is 3.71. The molecule has 0 spiro atoms. The van der Waals surface area contributed by atoms with E-state index in [1.165, 1.54) is 0 Å². The van der Waals surface area contributed by atoms with Gasteiger partial charge in [-0.2, -0.15) is 0 Å². The van der Waals surface area contributed by atoms with E-state index in [4.69, 9.17) is 26.4 Å². The van der Waals surface area contributed by atoms with E-state index in [2.05, 4.69) is 5.32 Å². The zero-order chi connectivity index (χ0) is 18.0. The van der Waals surface area contributed by atoms with Crippen molar-refractivity contribution in [2.75, 3.05) is 27.4 Å². The third kappa shape index (κ3) is 3.48. The van der Waals surface area contributed by atoms with E-state index in [-0.39, 0.29) is 12.0 Å². The fraction of sp³-hybridized carbons (Fsp3) is 0.444. The Morgan fingerprint density at radius 2 is 2.20 bits per heavy atom. The van der Waals surface area contributed by atoms with Gasteiger partial charge in [-0.1, -0.05) is 0 Å². The van der Waals surface area contributed by atoms with Gasteiger partial charge in [-0.05, 0) is 50.2 Å². The van der Waals surface area contributed by atoms with Crippen molar-refractivity contribution in [1.29, 1.82) is 0 Å². The lowest BCUT2D eigenvalue weighted by molar-refractivity contribution is -0.123. The molecule has 1 N–H and O–H groups in total. The average molecular weight is 362 g/mol. The number of carbonyl (C=O) groups is 1. The standard InChI is InChI=1S/C18H22N2O4S/c1-11-15(22-2)7-6-12(16(11)23-3)9-14-17(21)20(18(25)19-14)10-13-5-4-8-24-13/h6-7,9,13H,4-5,8,10H2,1-3H3,(H,19,25)/b14-9-/t13-/m1/s1. The number of nitrogens with zero attached hydrogens (tertiary/aromatic N) is 1. The molecule has 1 aromatic carbocycles. The van der Waals surface area contributed by atoms with E-state index in [1.54, 1.807) is 25.2 Å². The molecule has 3 rings (SSSR count). The van der Waals surface area contributed by atoms with Crippen LogP contribution in [0.2, 0.25) is 0 Å². The van der Waals surface area contributed by atoms with E-state index in [0.717, 1.165) is 36.3 Å². The van der Waals surface area contributed by atoms with E-state index in [9.17, 15) is 4.79 Å². The largest absolute Gasteiger partial charge is 0.496 e. The van der Waals surface area contributed by atoms with E-state index in [1.807, 2.05) is 19.1 Å². The van der Waals surface area contributed by atoms with Crippen molar-refractivity contribution in [3.05, 3.63) is 29.0 Å². The van der Waals surface area contributed by atoms with Gasteiger partial charge in [0.2, 0.25) is 0 Å². The summed E-state index contributed by atoms with van der Waals surface area (Å²) in [5.41, 5.74) is 2.10. The number of benzene rings is 1. The first kappa shape index (κ1) is 17.7. The maximum atomic E-state index is 12.7. The number of amides is 1. The Labute approximate surface area is 152 Å². The SMILES string of the molecule is COc1ccc(/C=C2\NC(=S)N(C[C@H]3CCCO3)C2=O)c(OC)c1C. The maximum absolute atomic E-state index is 12.7. The first-order valence-corrected chi connectivity index (χ1v) is 8.63. The minimum Gasteiger partial charge on any atom is -0.496 e. The van der Waals surface area contributed by atoms with Gasteiger partial charge >= 0.3 is 0 Å². The molecule has 25 heavy (non-hydrogen) atoms. The summed E-state index contributed by atoms with van der Waals surface area (Å²) in [7, 11) is 3.21. The summed E-state index contributed by atoms with van der Waals surface area (Å²) in [5.74, 6) is 1.27. The van der Waals surface area contributed by atoms with E-state index in [0.29, 0.717) is 23.1 Å². The normalized spacial score (nSPS) is 21.8. The fourth-order valence-corrected chi connectivity index (χ4v) is 3.45. The summed E-state index contributed by atoms with van der Waals surface area (Å²) in [5, 5.41) is 3.42. The summed E-state index contributed by atoms with van der Waals surface area (Å²) in [6.07, 6.45) is 3.80. The summed E-state index contributed by atoms with van der Waals surface area (Å²) >= 11 is 5.32. The minimum atomic E-state index is -0.143. The predicted molar refractivity (Wildman–Crippen MR) is 98.7 cm³/mol. The van der Waals surface area contributed by atoms with Gasteiger partial charge in [0.05, 0.1) is 26.9 Å². The number of hydrogen-bond acceptors (Lipinski definition) is 5. The van der Waals surface area contributed by atoms with Gasteiger partial charge in [-0.15, -0.1) is 0 Å². The van der Waals surface area contributed by atoms with Crippen LogP contribution < -0.4 is 14.8 Å². The Bertz CT molecular complexity index is 726. The van der Waals surface area contributed by atoms with Crippen LogP contribution in [0.4, 0.5) is 0 Å². The molecule has 0 aromatic heterocycles. The highest BCUT2D eigenvalue weighted by molar-refractivity contribution is 7.80. The molecule has 0 unspecified atom stereocenters. The van der Waals surface area contributed by atoms with Crippen molar-refractivity contribution in [2.45, 2.75) is 25.9 Å². The first-order chi connectivity index (χ1) is 12.0. The molecule has 0 radical (unpaired) electrons. The molecule has 2 aliphatic rings. The van der Waals surface area contributed by atoms with Crippen LogP contribution in [-0.2, 0) is 9.53 Å². The van der Waals surface area contributed by atoms with Crippen molar-refractivity contribution in [2.24, 2.45) is 0 Å². The molecule has 1 aromatic rings. The number of thiocarbonyl (C=S) groups is 1. The Morgan fingerprint density at radius 3 is 2.84 bits per heavy atom. The van der Waals surface area contributed by atoms with Crippen molar-refractivity contribution >= 4 is 29.3 Å². The Morgan fingerprint density at radius 1 is 1.40 bits per heavy atom. The van der Waals surface area contributed by atoms with Crippen molar-refractivity contribution in [1.82, 2.24) is 10.2 Å². The van der Waals surface area contributed by atoms with Crippen molar-refractivity contribution < 1.29 is 19.0 Å². The number of nitrogens with one attached hydrogen (secondary N) is 1. The highest BCUT2D eigenvalue weighted by Gasteiger charge is 2.33. The zero-order valence-electron chi connectivity index (χ0n) is 14.6. The van der Waals surface area contributed by atoms with E-state index >= 15 is 0 Å². The molecule has 6 nitrogen and oxygen atoms in total. The first-order valence-electron chi connectivity index (χ1n) is 8.23. The summed E-state index contributed by atoms with van der Waals surface area (Å²) in [4.78, 5) is 14.3. The number of rotatable bonds is 5. The van der Waals surface area contributed by atoms with Crippen LogP contribution in [0.5, 0.6) is 11.5 Å². The highest BCUT2D eigenvalue weighted by Crippen LogP contribution is 2.33. The molecule has 1 atom stereocenters. The Balaban J connectivity index is 1.85. The van der Waals surface area contributed by atoms with Crippen LogP contribution in [0, 0.1) is 6.92 Å². The summed E-state index contributed by atoms with van der Waals surface area (Å²) in [6.45, 7) is 3.15. The second kappa shape index (κ2) is 7.41. The third-order valence-electron chi connectivity index (χ3n) is 4.48. The Hall–Kier alpha value is -2.12. The number of methoxy groups -OCH3 is 2. The lowest BCUT2D eigenvalue weighted by Gasteiger charge is -2.18. The third-order valence-corrected chi connectivity index (χ3v) is 4.81. The molecule has 2 saturated heterocycles. The smallest absolute Gasteiger partial charge is 0.276 e. The van der Waals surface area contributed by atoms with Gasteiger partial charge in [0, 0.05) is 17.7 Å². The minimum absolute atomic E-state index is 0.0563. The van der Waals surface area contributed by atoms with Crippen LogP contribution >= 0.6 is 12.2 Å². The van der Waals surface area contributed by atoms with Crippen LogP contribution in [-0.4, -0.2) is 49.4 Å². The van der Waals surface area contributed by atoms with Crippen LogP contribution in [0.15, 0.2) is 17.8 Å². The molecule has 0 bridgehead atoms. The Kier molecular flexibility index (Phi) is 5.24. The van der Waals surface area contributed by atoms with Gasteiger partial charge in [0.15, 0.2) is 5.11 Å². The predicted octanol–water partition coefficient (Wildman–Crippen LogP) is 2.25. The highest BCUT2D eigenvalue weighted by atomic mass is 32.1. The zero-order valence-corrected chi connectivity index (χ0v) is 15.4. The molecule has 2 fully saturated rings. The second-order valence-electron chi connectivity index (χ2n) is 6.05. The molecule has 2 aliphatic heterocycles. The molecular formula is C18H22N2O4S. The topological polar surface area (TPSA) is 60.0 Å². The lowest BCUT2D eigenvalue weighted by Crippen LogP contribution is -2.37. The molecule has 0 aliphatic carbocycles. The van der Waals surface area contributed by atoms with Gasteiger partial charge in [0.25, 0.3) is 5.91 Å². The molecular weight excluding hydrogens is 340 g/mol. The monoisotopic (exact) mass is 362 g/mol. The maximum Gasteiger partial charge on any atom is 0.276 e.